The molecule has 0 aromatic rings. The molecule has 0 unspecified atom stereocenters. The van der Waals surface area contributed by atoms with Crippen LogP contribution in [0.1, 0.15) is 0 Å². The molecule has 1 aliphatic rings. The van der Waals surface area contributed by atoms with Crippen LogP contribution in [0.5, 0.6) is 0 Å². The first-order chi connectivity index (χ1) is 3.93. The van der Waals surface area contributed by atoms with E-state index >= 15 is 0 Å². The molecule has 0 aliphatic heterocycles. The third kappa shape index (κ3) is 2.57. The van der Waals surface area contributed by atoms with E-state index in [1.54, 1.807) is 0 Å². The van der Waals surface area contributed by atoms with Crippen molar-refractivity contribution in [1.29, 1.82) is 0 Å². The summed E-state index contributed by atoms with van der Waals surface area (Å²) < 4.78 is 0. The molecule has 0 nitrogen and oxygen atoms in total. The molecule has 0 saturated heterocycles. The average Bonchev–Trinajstić information content (AvgIpc) is 2.19. The van der Waals surface area contributed by atoms with Crippen molar-refractivity contribution in [1.82, 2.24) is 0 Å². The van der Waals surface area contributed by atoms with Gasteiger partial charge >= 0.3 is 0 Å². The number of allylic oxidation sites excluding steroid dienone is 6. The van der Waals surface area contributed by atoms with Gasteiger partial charge in [0.15, 0.2) is 0 Å². The average molecular weight is 164 g/mol. The second-order valence-electron chi connectivity index (χ2n) is 1.78. The van der Waals surface area contributed by atoms with Crippen LogP contribution in [0.2, 0.25) is 0 Å². The van der Waals surface area contributed by atoms with Gasteiger partial charge in [-0.3, -0.25) is 0 Å². The first kappa shape index (κ1) is 8.58. The Hall–Kier alpha value is -0.416. The zero-order valence-electron chi connectivity index (χ0n) is 5.06. The third-order valence-electron chi connectivity index (χ3n) is 1.14. The van der Waals surface area contributed by atoms with Gasteiger partial charge in [0.2, 0.25) is 0 Å². The maximum atomic E-state index is 3.60. The monoisotopic (exact) mass is 163 g/mol. The van der Waals surface area contributed by atoms with E-state index in [1.807, 2.05) is 18.2 Å². The Labute approximate surface area is 66.3 Å². The van der Waals surface area contributed by atoms with Crippen LogP contribution < -0.4 is 0 Å². The molecular weight excluding hydrogens is 155 g/mol. The molecule has 1 rings (SSSR count). The predicted octanol–water partition coefficient (Wildman–Crippen LogP) is 2.12. The standard InChI is InChI=1S/C8H9.Ni/c1-2-5-8-6-3-4-7-8;/h2-8H,1H2;/q-1;. The van der Waals surface area contributed by atoms with Crippen molar-refractivity contribution in [3.05, 3.63) is 43.4 Å². The summed E-state index contributed by atoms with van der Waals surface area (Å²) in [5.41, 5.74) is 0. The van der Waals surface area contributed by atoms with Gasteiger partial charge in [-0.2, -0.15) is 0 Å². The minimum Gasteiger partial charge on any atom is -0.245 e. The fourth-order valence-corrected chi connectivity index (χ4v) is 0.734. The molecule has 0 N–H and O–H groups in total. The summed E-state index contributed by atoms with van der Waals surface area (Å²) in [5, 5.41) is 0. The Morgan fingerprint density at radius 3 is 2.22 bits per heavy atom. The van der Waals surface area contributed by atoms with Crippen LogP contribution in [0, 0.1) is 12.8 Å². The maximum absolute atomic E-state index is 3.60. The fraction of sp³-hybridized carbons (Fsp3) is 0.125. The number of hydrogen-bond donors (Lipinski definition) is 0. The number of hydrogen-bond acceptors (Lipinski definition) is 0. The van der Waals surface area contributed by atoms with E-state index in [-0.39, 0.29) is 16.5 Å². The summed E-state index contributed by atoms with van der Waals surface area (Å²) >= 11 is 0. The van der Waals surface area contributed by atoms with E-state index < -0.39 is 0 Å². The van der Waals surface area contributed by atoms with Crippen LogP contribution in [0.25, 0.3) is 0 Å². The van der Waals surface area contributed by atoms with Crippen LogP contribution in [0.15, 0.2) is 36.5 Å². The summed E-state index contributed by atoms with van der Waals surface area (Å²) in [5.74, 6) is 0.507. The van der Waals surface area contributed by atoms with Gasteiger partial charge in [0.25, 0.3) is 0 Å². The van der Waals surface area contributed by atoms with Gasteiger partial charge in [-0.15, -0.1) is 0 Å². The van der Waals surface area contributed by atoms with Gasteiger partial charge in [0, 0.05) is 16.5 Å². The molecule has 1 aliphatic carbocycles. The van der Waals surface area contributed by atoms with Gasteiger partial charge in [0.1, 0.15) is 0 Å². The van der Waals surface area contributed by atoms with Gasteiger partial charge in [-0.25, -0.2) is 19.1 Å². The van der Waals surface area contributed by atoms with Gasteiger partial charge in [-0.1, -0.05) is 30.2 Å². The minimum atomic E-state index is 0. The molecule has 9 heavy (non-hydrogen) atoms. The van der Waals surface area contributed by atoms with Crippen molar-refractivity contribution >= 4 is 0 Å². The van der Waals surface area contributed by atoms with Gasteiger partial charge in [0.05, 0.1) is 0 Å². The Morgan fingerprint density at radius 2 is 1.78 bits per heavy atom. The zero-order valence-corrected chi connectivity index (χ0v) is 6.05. The molecule has 1 heteroatoms. The summed E-state index contributed by atoms with van der Waals surface area (Å²) in [7, 11) is 0. The van der Waals surface area contributed by atoms with Gasteiger partial charge < -0.3 is 0 Å². The molecular formula is C8H9Ni-. The smallest absolute Gasteiger partial charge is 0 e. The van der Waals surface area contributed by atoms with Gasteiger partial charge in [-0.05, 0) is 0 Å². The summed E-state index contributed by atoms with van der Waals surface area (Å²) in [6.45, 7) is 3.60. The first-order valence-electron chi connectivity index (χ1n) is 2.74. The molecule has 0 aromatic carbocycles. The van der Waals surface area contributed by atoms with Crippen LogP contribution >= 0.6 is 0 Å². The molecule has 0 aromatic heterocycles. The van der Waals surface area contributed by atoms with Crippen molar-refractivity contribution in [2.45, 2.75) is 0 Å². The van der Waals surface area contributed by atoms with Crippen LogP contribution in [-0.2, 0) is 16.5 Å². The van der Waals surface area contributed by atoms with Crippen molar-refractivity contribution < 1.29 is 16.5 Å². The summed E-state index contributed by atoms with van der Waals surface area (Å²) in [6, 6.07) is 0. The SMILES string of the molecule is [CH2-]C=CC1C=CC=C1.[Ni]. The van der Waals surface area contributed by atoms with Crippen molar-refractivity contribution in [2.24, 2.45) is 5.92 Å². The Kier molecular flexibility index (Phi) is 4.25. The molecule has 0 amide bonds. The molecule has 0 atom stereocenters. The summed E-state index contributed by atoms with van der Waals surface area (Å²) in [6.07, 6.45) is 12.2. The molecule has 0 fully saturated rings. The Balaban J connectivity index is 0.000000640. The van der Waals surface area contributed by atoms with Crippen LogP contribution in [0.4, 0.5) is 0 Å². The quantitative estimate of drug-likeness (QED) is 0.411. The Morgan fingerprint density at radius 1 is 1.22 bits per heavy atom. The maximum Gasteiger partial charge on any atom is 0 e. The van der Waals surface area contributed by atoms with Crippen LogP contribution in [0.3, 0.4) is 0 Å². The predicted molar refractivity (Wildman–Crippen MR) is 36.3 cm³/mol. The second kappa shape index (κ2) is 4.46. The van der Waals surface area contributed by atoms with Crippen molar-refractivity contribution in [2.75, 3.05) is 0 Å². The molecule has 0 bridgehead atoms. The molecule has 0 spiro atoms. The van der Waals surface area contributed by atoms with E-state index in [0.29, 0.717) is 5.92 Å². The Bertz CT molecular complexity index is 131. The van der Waals surface area contributed by atoms with E-state index in [0.717, 1.165) is 0 Å². The molecule has 0 saturated carbocycles. The fourth-order valence-electron chi connectivity index (χ4n) is 0.734. The minimum absolute atomic E-state index is 0. The van der Waals surface area contributed by atoms with E-state index in [1.165, 1.54) is 0 Å². The molecule has 0 heterocycles. The summed E-state index contributed by atoms with van der Waals surface area (Å²) in [4.78, 5) is 0. The van der Waals surface area contributed by atoms with Crippen molar-refractivity contribution in [3.63, 3.8) is 0 Å². The third-order valence-corrected chi connectivity index (χ3v) is 1.14. The van der Waals surface area contributed by atoms with Crippen molar-refractivity contribution in [3.8, 4) is 0 Å². The normalized spacial score (nSPS) is 16.9. The zero-order chi connectivity index (χ0) is 5.82. The van der Waals surface area contributed by atoms with E-state index in [9.17, 15) is 0 Å². The molecule has 0 radical (unpaired) electrons. The molecule has 52 valence electrons. The second-order valence-corrected chi connectivity index (χ2v) is 1.78. The van der Waals surface area contributed by atoms with Crippen LogP contribution in [-0.4, -0.2) is 0 Å². The largest absolute Gasteiger partial charge is 0.245 e. The van der Waals surface area contributed by atoms with E-state index in [4.69, 9.17) is 0 Å². The number of rotatable bonds is 1. The first-order valence-corrected chi connectivity index (χ1v) is 2.74. The van der Waals surface area contributed by atoms with E-state index in [2.05, 4.69) is 25.2 Å². The topological polar surface area (TPSA) is 0 Å².